The molecule has 1 amide bonds. The van der Waals surface area contributed by atoms with Crippen LogP contribution >= 0.6 is 11.8 Å². The van der Waals surface area contributed by atoms with E-state index in [1.165, 1.54) is 0 Å². The number of rotatable bonds is 9. The monoisotopic (exact) mass is 482 g/mol. The van der Waals surface area contributed by atoms with Crippen molar-refractivity contribution in [1.82, 2.24) is 9.88 Å². The summed E-state index contributed by atoms with van der Waals surface area (Å²) >= 11 is 1.58. The number of nitrogens with one attached hydrogen (secondary N) is 1. The van der Waals surface area contributed by atoms with E-state index in [-0.39, 0.29) is 5.43 Å². The summed E-state index contributed by atoms with van der Waals surface area (Å²) in [5, 5.41) is 3.31. The first-order valence-electron chi connectivity index (χ1n) is 11.1. The highest BCUT2D eigenvalue weighted by molar-refractivity contribution is 7.99. The fourth-order valence-electron chi connectivity index (χ4n) is 3.58. The van der Waals surface area contributed by atoms with Crippen LogP contribution in [0.2, 0.25) is 0 Å². The number of aromatic nitrogens is 1. The van der Waals surface area contributed by atoms with Crippen LogP contribution in [0.15, 0.2) is 64.4 Å². The molecular weight excluding hydrogens is 452 g/mol. The lowest BCUT2D eigenvalue weighted by molar-refractivity contribution is -0.132. The third-order valence-electron chi connectivity index (χ3n) is 5.04. The maximum absolute atomic E-state index is 13.4. The molecule has 0 bridgehead atoms. The first-order valence-corrected chi connectivity index (χ1v) is 12.1. The number of nitrogens with zero attached hydrogens (tertiary/aromatic N) is 1. The Morgan fingerprint density at radius 3 is 2.56 bits per heavy atom. The summed E-state index contributed by atoms with van der Waals surface area (Å²) in [5.41, 5.74) is 1.25. The SMILES string of the molecule is CCn1cc(C(OC=O)c2ccccc2)c(=O)c2ccc(SCCNC(=O)OC(C)(C)C)cc21. The third-order valence-corrected chi connectivity index (χ3v) is 6.03. The molecule has 34 heavy (non-hydrogen) atoms. The molecule has 0 aliphatic heterocycles. The first-order chi connectivity index (χ1) is 16.2. The Morgan fingerprint density at radius 1 is 1.18 bits per heavy atom. The van der Waals surface area contributed by atoms with Crippen LogP contribution in [0.1, 0.15) is 44.9 Å². The van der Waals surface area contributed by atoms with Crippen molar-refractivity contribution in [3.8, 4) is 0 Å². The summed E-state index contributed by atoms with van der Waals surface area (Å²) in [6.07, 6.45) is 0.551. The van der Waals surface area contributed by atoms with Crippen LogP contribution in [-0.4, -0.2) is 35.0 Å². The number of carbonyl (C=O) groups excluding carboxylic acids is 2. The fourth-order valence-corrected chi connectivity index (χ4v) is 4.38. The van der Waals surface area contributed by atoms with Gasteiger partial charge in [-0.2, -0.15) is 0 Å². The molecule has 3 aromatic rings. The Morgan fingerprint density at radius 2 is 1.91 bits per heavy atom. The highest BCUT2D eigenvalue weighted by atomic mass is 32.2. The number of pyridine rings is 1. The molecule has 0 saturated carbocycles. The van der Waals surface area contributed by atoms with E-state index in [9.17, 15) is 14.4 Å². The second-order valence-corrected chi connectivity index (χ2v) is 9.85. The molecule has 0 aliphatic rings. The maximum atomic E-state index is 13.4. The van der Waals surface area contributed by atoms with E-state index in [0.717, 1.165) is 16.0 Å². The minimum absolute atomic E-state index is 0.168. The Labute approximate surface area is 203 Å². The lowest BCUT2D eigenvalue weighted by Crippen LogP contribution is -2.33. The van der Waals surface area contributed by atoms with Gasteiger partial charge in [0.15, 0.2) is 11.5 Å². The summed E-state index contributed by atoms with van der Waals surface area (Å²) < 4.78 is 12.6. The molecule has 1 N–H and O–H groups in total. The number of alkyl carbamates (subject to hydrolysis) is 1. The fraction of sp³-hybridized carbons (Fsp3) is 0.346. The molecule has 0 spiro atoms. The van der Waals surface area contributed by atoms with Crippen LogP contribution in [0.5, 0.6) is 0 Å². The van der Waals surface area contributed by atoms with Gasteiger partial charge in [0.1, 0.15) is 5.60 Å². The largest absolute Gasteiger partial charge is 0.455 e. The zero-order valence-electron chi connectivity index (χ0n) is 19.9. The topological polar surface area (TPSA) is 86.6 Å². The maximum Gasteiger partial charge on any atom is 0.407 e. The molecule has 8 heteroatoms. The van der Waals surface area contributed by atoms with Crippen molar-refractivity contribution in [2.45, 2.75) is 50.8 Å². The van der Waals surface area contributed by atoms with E-state index in [1.54, 1.807) is 24.0 Å². The van der Waals surface area contributed by atoms with Crippen molar-refractivity contribution in [2.24, 2.45) is 0 Å². The van der Waals surface area contributed by atoms with Gasteiger partial charge in [-0.15, -0.1) is 11.8 Å². The van der Waals surface area contributed by atoms with Gasteiger partial charge in [-0.1, -0.05) is 30.3 Å². The molecule has 0 radical (unpaired) electrons. The van der Waals surface area contributed by atoms with E-state index in [2.05, 4.69) is 5.32 Å². The number of hydrogen-bond donors (Lipinski definition) is 1. The van der Waals surface area contributed by atoms with Gasteiger partial charge < -0.3 is 19.4 Å². The van der Waals surface area contributed by atoms with Crippen LogP contribution in [0, 0.1) is 0 Å². The van der Waals surface area contributed by atoms with Crippen LogP contribution in [0.3, 0.4) is 0 Å². The zero-order chi connectivity index (χ0) is 24.7. The van der Waals surface area contributed by atoms with E-state index >= 15 is 0 Å². The molecule has 180 valence electrons. The predicted molar refractivity (Wildman–Crippen MR) is 134 cm³/mol. The van der Waals surface area contributed by atoms with E-state index < -0.39 is 17.8 Å². The third kappa shape index (κ3) is 6.41. The second-order valence-electron chi connectivity index (χ2n) is 8.68. The lowest BCUT2D eigenvalue weighted by Gasteiger charge is -2.19. The average Bonchev–Trinajstić information content (AvgIpc) is 2.80. The molecular formula is C26H30N2O5S. The smallest absolute Gasteiger partial charge is 0.407 e. The van der Waals surface area contributed by atoms with Gasteiger partial charge in [0.25, 0.3) is 6.47 Å². The van der Waals surface area contributed by atoms with Crippen LogP contribution < -0.4 is 10.7 Å². The number of thioether (sulfide) groups is 1. The summed E-state index contributed by atoms with van der Waals surface area (Å²) in [7, 11) is 0. The van der Waals surface area contributed by atoms with Crippen molar-refractivity contribution < 1.29 is 19.1 Å². The number of carbonyl (C=O) groups is 2. The number of fused-ring (bicyclic) bond motifs is 1. The quantitative estimate of drug-likeness (QED) is 0.265. The molecule has 1 heterocycles. The van der Waals surface area contributed by atoms with Crippen molar-refractivity contribution in [1.29, 1.82) is 0 Å². The predicted octanol–water partition coefficient (Wildman–Crippen LogP) is 4.90. The minimum Gasteiger partial charge on any atom is -0.455 e. The number of aryl methyl sites for hydroxylation is 1. The van der Waals surface area contributed by atoms with Crippen molar-refractivity contribution in [3.63, 3.8) is 0 Å². The molecule has 2 aromatic carbocycles. The van der Waals surface area contributed by atoms with Crippen LogP contribution in [-0.2, 0) is 20.8 Å². The van der Waals surface area contributed by atoms with Gasteiger partial charge in [-0.05, 0) is 51.5 Å². The highest BCUT2D eigenvalue weighted by Gasteiger charge is 2.21. The first kappa shape index (κ1) is 25.4. The molecule has 0 saturated heterocycles. The van der Waals surface area contributed by atoms with E-state index in [1.807, 2.05) is 74.7 Å². The number of amides is 1. The van der Waals surface area contributed by atoms with Gasteiger partial charge in [0, 0.05) is 35.3 Å². The number of hydrogen-bond acceptors (Lipinski definition) is 6. The Kier molecular flexibility index (Phi) is 8.39. The molecule has 7 nitrogen and oxygen atoms in total. The number of benzene rings is 2. The van der Waals surface area contributed by atoms with Crippen LogP contribution in [0.4, 0.5) is 4.79 Å². The van der Waals surface area contributed by atoms with Crippen molar-refractivity contribution in [3.05, 3.63) is 76.1 Å². The molecule has 1 unspecified atom stereocenters. The molecule has 0 fully saturated rings. The summed E-state index contributed by atoms with van der Waals surface area (Å²) in [4.78, 5) is 37.3. The molecule has 1 atom stereocenters. The lowest BCUT2D eigenvalue weighted by atomic mass is 10.0. The average molecular weight is 483 g/mol. The summed E-state index contributed by atoms with van der Waals surface area (Å²) in [5.74, 6) is 0.655. The van der Waals surface area contributed by atoms with Crippen molar-refractivity contribution in [2.75, 3.05) is 12.3 Å². The zero-order valence-corrected chi connectivity index (χ0v) is 20.7. The van der Waals surface area contributed by atoms with Gasteiger partial charge in [-0.25, -0.2) is 4.79 Å². The van der Waals surface area contributed by atoms with Crippen molar-refractivity contribution >= 4 is 35.2 Å². The van der Waals surface area contributed by atoms with Gasteiger partial charge in [0.2, 0.25) is 0 Å². The Balaban J connectivity index is 1.83. The minimum atomic E-state index is -0.776. The molecule has 0 aliphatic carbocycles. The summed E-state index contributed by atoms with van der Waals surface area (Å²) in [6.45, 7) is 8.94. The van der Waals surface area contributed by atoms with Gasteiger partial charge in [0.05, 0.1) is 11.1 Å². The van der Waals surface area contributed by atoms with Crippen LogP contribution in [0.25, 0.3) is 10.9 Å². The van der Waals surface area contributed by atoms with E-state index in [4.69, 9.17) is 9.47 Å². The van der Waals surface area contributed by atoms with Gasteiger partial charge in [-0.3, -0.25) is 9.59 Å². The highest BCUT2D eigenvalue weighted by Crippen LogP contribution is 2.27. The summed E-state index contributed by atoms with van der Waals surface area (Å²) in [6, 6.07) is 14.9. The molecule has 3 rings (SSSR count). The standard InChI is InChI=1S/C26H30N2O5S/c1-5-28-16-21(24(32-17-29)18-9-7-6-8-10-18)23(30)20-12-11-19(15-22(20)28)34-14-13-27-25(31)33-26(2,3)4/h6-12,15-17,24H,5,13-14H2,1-4H3,(H,27,31). The second kappa shape index (κ2) is 11.2. The number of ether oxygens (including phenoxy) is 2. The normalized spacial score (nSPS) is 12.2. The van der Waals surface area contributed by atoms with Gasteiger partial charge >= 0.3 is 6.09 Å². The Bertz CT molecular complexity index is 1200. The van der Waals surface area contributed by atoms with E-state index in [0.29, 0.717) is 36.3 Å². The Hall–Kier alpha value is -3.26. The molecule has 1 aromatic heterocycles.